The summed E-state index contributed by atoms with van der Waals surface area (Å²) < 4.78 is 9.37. The van der Waals surface area contributed by atoms with E-state index in [0.717, 1.165) is 36.7 Å². The summed E-state index contributed by atoms with van der Waals surface area (Å²) in [5.74, 6) is -0.203. The molecule has 4 heterocycles. The number of hydrogen-bond donors (Lipinski definition) is 0. The lowest BCUT2D eigenvalue weighted by Crippen LogP contribution is -2.46. The molecule has 9 nitrogen and oxygen atoms in total. The molecule has 3 aliphatic rings. The number of hydrogen-bond acceptors (Lipinski definition) is 6. The Hall–Kier alpha value is -2.81. The van der Waals surface area contributed by atoms with Gasteiger partial charge >= 0.3 is 17.6 Å². The fourth-order valence-corrected chi connectivity index (χ4v) is 6.32. The third-order valence-corrected chi connectivity index (χ3v) is 7.91. The van der Waals surface area contributed by atoms with Gasteiger partial charge in [-0.25, -0.2) is 9.59 Å². The van der Waals surface area contributed by atoms with Crippen LogP contribution in [0.5, 0.6) is 0 Å². The minimum Gasteiger partial charge on any atom is -0.459 e. The molecule has 3 saturated heterocycles. The second-order valence-corrected chi connectivity index (χ2v) is 11.4. The molecular weight excluding hydrogens is 448 g/mol. The second-order valence-electron chi connectivity index (χ2n) is 11.4. The first-order valence-corrected chi connectivity index (χ1v) is 12.7. The summed E-state index contributed by atoms with van der Waals surface area (Å²) in [5.41, 5.74) is 2.24. The Kier molecular flexibility index (Phi) is 5.94. The predicted molar refractivity (Wildman–Crippen MR) is 130 cm³/mol. The van der Waals surface area contributed by atoms with Crippen LogP contribution in [0.15, 0.2) is 23.0 Å². The van der Waals surface area contributed by atoms with Crippen LogP contribution in [0.2, 0.25) is 0 Å². The molecule has 0 spiro atoms. The first-order valence-electron chi connectivity index (χ1n) is 12.7. The quantitative estimate of drug-likeness (QED) is 0.490. The van der Waals surface area contributed by atoms with E-state index in [-0.39, 0.29) is 30.7 Å². The van der Waals surface area contributed by atoms with Gasteiger partial charge in [0.2, 0.25) is 6.54 Å². The molecule has 1 amide bonds. The number of fused-ring (bicyclic) bond motifs is 3. The molecular formula is C26H35N4O5+. The number of nitroso groups, excluding NO2 is 1. The number of amides is 1. The average molecular weight is 484 g/mol. The highest BCUT2D eigenvalue weighted by Gasteiger charge is 2.42. The summed E-state index contributed by atoms with van der Waals surface area (Å²) >= 11 is 0. The average Bonchev–Trinajstić information content (AvgIpc) is 3.15. The van der Waals surface area contributed by atoms with Crippen molar-refractivity contribution < 1.29 is 19.1 Å². The zero-order valence-corrected chi connectivity index (χ0v) is 21.0. The number of nitrogens with zero attached hydrogens (tertiary/aromatic N) is 4. The third kappa shape index (κ3) is 4.46. The van der Waals surface area contributed by atoms with Crippen molar-refractivity contribution >= 4 is 22.9 Å². The summed E-state index contributed by atoms with van der Waals surface area (Å²) in [4.78, 5) is 51.4. The Morgan fingerprint density at radius 1 is 1.06 bits per heavy atom. The summed E-state index contributed by atoms with van der Waals surface area (Å²) in [6.07, 6.45) is 4.81. The molecule has 1 aromatic carbocycles. The highest BCUT2D eigenvalue weighted by Crippen LogP contribution is 2.43. The van der Waals surface area contributed by atoms with Crippen LogP contribution in [0.3, 0.4) is 0 Å². The van der Waals surface area contributed by atoms with Crippen molar-refractivity contribution in [2.45, 2.75) is 88.9 Å². The number of benzene rings is 1. The van der Waals surface area contributed by atoms with E-state index in [1.165, 1.54) is 5.56 Å². The number of carbonyl (C=O) groups is 2. The van der Waals surface area contributed by atoms with Crippen LogP contribution in [-0.4, -0.2) is 61.4 Å². The minimum absolute atomic E-state index is 0.0130. The zero-order valence-electron chi connectivity index (χ0n) is 21.0. The smallest absolute Gasteiger partial charge is 0.433 e. The van der Waals surface area contributed by atoms with Crippen LogP contribution >= 0.6 is 0 Å². The second kappa shape index (κ2) is 8.69. The van der Waals surface area contributed by atoms with Crippen LogP contribution < -0.4 is 5.69 Å². The number of imidazole rings is 1. The summed E-state index contributed by atoms with van der Waals surface area (Å²) in [7, 11) is 1.76. The van der Waals surface area contributed by atoms with Gasteiger partial charge in [0.15, 0.2) is 0 Å². The molecule has 3 fully saturated rings. The summed E-state index contributed by atoms with van der Waals surface area (Å²) in [6.45, 7) is 6.04. The Morgan fingerprint density at radius 2 is 1.74 bits per heavy atom. The van der Waals surface area contributed by atoms with E-state index in [2.05, 4.69) is 17.0 Å². The van der Waals surface area contributed by atoms with Gasteiger partial charge in [0.1, 0.15) is 11.6 Å². The fourth-order valence-electron chi connectivity index (χ4n) is 6.32. The largest absolute Gasteiger partial charge is 0.459 e. The van der Waals surface area contributed by atoms with Crippen LogP contribution in [-0.2, 0) is 21.4 Å². The minimum atomic E-state index is -0.477. The van der Waals surface area contributed by atoms with Crippen molar-refractivity contribution in [2.24, 2.45) is 7.05 Å². The van der Waals surface area contributed by atoms with E-state index in [4.69, 9.17) is 4.74 Å². The Morgan fingerprint density at radius 3 is 2.37 bits per heavy atom. The van der Waals surface area contributed by atoms with Crippen molar-refractivity contribution in [3.63, 3.8) is 0 Å². The molecule has 3 aliphatic heterocycles. The van der Waals surface area contributed by atoms with E-state index >= 15 is 0 Å². The van der Waals surface area contributed by atoms with E-state index in [0.29, 0.717) is 35.7 Å². The molecule has 35 heavy (non-hydrogen) atoms. The van der Waals surface area contributed by atoms with Crippen molar-refractivity contribution in [1.82, 2.24) is 14.0 Å². The highest BCUT2D eigenvalue weighted by atomic mass is 16.6. The van der Waals surface area contributed by atoms with Gasteiger partial charge in [-0.05, 0) is 76.5 Å². The van der Waals surface area contributed by atoms with Gasteiger partial charge in [0.25, 0.3) is 0 Å². The van der Waals surface area contributed by atoms with E-state index < -0.39 is 11.5 Å². The lowest BCUT2D eigenvalue weighted by Gasteiger charge is -2.39. The standard InChI is InChI=1S/C26H35N4O5/c1-26(2,3)35-24(32)15-28-18-6-7-19(28)12-17(11-18)16-5-9-21-22(13-16)27(4)25(33)30(21)20-8-10-23(31)29(34)14-20/h5,9,13,17-20H,6-8,10-12,14-15H2,1-4H3/q+1. The van der Waals surface area contributed by atoms with Gasteiger partial charge in [-0.3, -0.25) is 18.8 Å². The first kappa shape index (κ1) is 23.9. The Balaban J connectivity index is 1.36. The Bertz CT molecular complexity index is 1240. The topological polar surface area (TPSA) is 93.6 Å². The molecule has 2 aromatic rings. The molecule has 3 unspecified atom stereocenters. The molecule has 0 saturated carbocycles. The molecule has 0 N–H and O–H groups in total. The van der Waals surface area contributed by atoms with Gasteiger partial charge in [-0.15, -0.1) is 0 Å². The normalized spacial score (nSPS) is 27.5. The van der Waals surface area contributed by atoms with Crippen molar-refractivity contribution in [3.05, 3.63) is 39.2 Å². The molecule has 3 atom stereocenters. The van der Waals surface area contributed by atoms with E-state index in [1.54, 1.807) is 16.2 Å². The molecule has 9 heteroatoms. The summed E-state index contributed by atoms with van der Waals surface area (Å²) in [5, 5.41) is 0. The van der Waals surface area contributed by atoms with Gasteiger partial charge < -0.3 is 4.74 Å². The molecule has 0 aliphatic carbocycles. The van der Waals surface area contributed by atoms with Crippen LogP contribution in [0, 0.1) is 4.91 Å². The number of carbonyl (C=O) groups excluding carboxylic acids is 2. The van der Waals surface area contributed by atoms with Gasteiger partial charge in [-0.1, -0.05) is 6.07 Å². The van der Waals surface area contributed by atoms with Crippen LogP contribution in [0.1, 0.15) is 76.8 Å². The number of rotatable bonds is 4. The SMILES string of the molecule is Cn1c(=O)n(C2CCC(=O)[N+](=O)C2)c2ccc(C3CC4CCC(C3)N4CC(=O)OC(C)(C)C)cc21. The number of esters is 1. The van der Waals surface area contributed by atoms with Crippen LogP contribution in [0.25, 0.3) is 11.0 Å². The van der Waals surface area contributed by atoms with Crippen LogP contribution in [0.4, 0.5) is 0 Å². The molecule has 5 rings (SSSR count). The molecule has 1 aromatic heterocycles. The van der Waals surface area contributed by atoms with Gasteiger partial charge in [0.05, 0.1) is 28.8 Å². The van der Waals surface area contributed by atoms with Crippen molar-refractivity contribution in [1.29, 1.82) is 0 Å². The number of aromatic nitrogens is 2. The fraction of sp³-hybridized carbons (Fsp3) is 0.654. The molecule has 2 bridgehead atoms. The molecule has 188 valence electrons. The maximum Gasteiger partial charge on any atom is 0.433 e. The monoisotopic (exact) mass is 483 g/mol. The maximum absolute atomic E-state index is 13.1. The molecule has 0 radical (unpaired) electrons. The number of piperidine rings is 2. The predicted octanol–water partition coefficient (Wildman–Crippen LogP) is 3.03. The van der Waals surface area contributed by atoms with Gasteiger partial charge in [0, 0.05) is 24.0 Å². The number of aryl methyl sites for hydroxylation is 1. The number of ether oxygens (including phenoxy) is 1. The van der Waals surface area contributed by atoms with E-state index in [9.17, 15) is 19.3 Å². The zero-order chi connectivity index (χ0) is 25.1. The highest BCUT2D eigenvalue weighted by molar-refractivity contribution is 5.77. The maximum atomic E-state index is 13.1. The van der Waals surface area contributed by atoms with Gasteiger partial charge in [-0.2, -0.15) is 0 Å². The Labute approximate surface area is 204 Å². The first-order chi connectivity index (χ1) is 16.5. The lowest BCUT2D eigenvalue weighted by atomic mass is 9.85. The van der Waals surface area contributed by atoms with E-state index in [1.807, 2.05) is 26.8 Å². The lowest BCUT2D eigenvalue weighted by molar-refractivity contribution is -0.482. The third-order valence-electron chi connectivity index (χ3n) is 7.91. The van der Waals surface area contributed by atoms with Crippen molar-refractivity contribution in [3.8, 4) is 0 Å². The van der Waals surface area contributed by atoms with Crippen molar-refractivity contribution in [2.75, 3.05) is 13.1 Å². The summed E-state index contributed by atoms with van der Waals surface area (Å²) in [6, 6.07) is 6.63.